The molecule has 0 radical (unpaired) electrons. The Labute approximate surface area is 99.2 Å². The largest absolute Gasteiger partial charge is 0.465 e. The molecule has 1 rings (SSSR count). The molecule has 0 aliphatic carbocycles. The van der Waals surface area contributed by atoms with Crippen molar-refractivity contribution >= 4 is 22.8 Å². The molecule has 1 atom stereocenters. The van der Waals surface area contributed by atoms with Crippen LogP contribution in [0.3, 0.4) is 0 Å². The summed E-state index contributed by atoms with van der Waals surface area (Å²) in [6, 6.07) is 9.17. The molecule has 0 heterocycles. The number of rotatable bonds is 4. The monoisotopic (exact) mass is 238 g/mol. The number of carbonyl (C=O) groups excluding carboxylic acids is 2. The highest BCUT2D eigenvalue weighted by molar-refractivity contribution is 8.14. The highest BCUT2D eigenvalue weighted by atomic mass is 32.2. The fraction of sp³-hybridized carbons (Fsp3) is 0.333. The Hall–Kier alpha value is -1.29. The standard InChI is InChI=1S/C12H14O3S/c1-3-15-12(14)11(16-9(2)13)10-7-5-4-6-8-10/h4-8,11H,3H2,1-2H3/t11-/m0/s1. The zero-order chi connectivity index (χ0) is 12.0. The Bertz CT molecular complexity index is 362. The van der Waals surface area contributed by atoms with Gasteiger partial charge in [-0.1, -0.05) is 42.1 Å². The van der Waals surface area contributed by atoms with E-state index in [1.165, 1.54) is 6.92 Å². The first kappa shape index (κ1) is 12.8. The number of hydrogen-bond acceptors (Lipinski definition) is 4. The van der Waals surface area contributed by atoms with Crippen molar-refractivity contribution in [2.24, 2.45) is 0 Å². The Morgan fingerprint density at radius 2 is 1.94 bits per heavy atom. The van der Waals surface area contributed by atoms with Gasteiger partial charge < -0.3 is 4.74 Å². The quantitative estimate of drug-likeness (QED) is 0.756. The SMILES string of the molecule is CCOC(=O)[C@@H](SC(C)=O)c1ccccc1. The van der Waals surface area contributed by atoms with E-state index in [4.69, 9.17) is 4.74 Å². The van der Waals surface area contributed by atoms with Crippen molar-refractivity contribution in [2.75, 3.05) is 6.61 Å². The smallest absolute Gasteiger partial charge is 0.324 e. The third-order valence-corrected chi connectivity index (χ3v) is 2.92. The number of carbonyl (C=O) groups is 2. The van der Waals surface area contributed by atoms with Crippen LogP contribution in [-0.4, -0.2) is 17.7 Å². The fourth-order valence-corrected chi connectivity index (χ4v) is 2.05. The van der Waals surface area contributed by atoms with Gasteiger partial charge in [0.2, 0.25) is 0 Å². The normalized spacial score (nSPS) is 11.9. The molecule has 1 aromatic carbocycles. The molecule has 16 heavy (non-hydrogen) atoms. The second kappa shape index (κ2) is 6.33. The summed E-state index contributed by atoms with van der Waals surface area (Å²) in [5, 5.41) is -0.652. The molecule has 3 nitrogen and oxygen atoms in total. The van der Waals surface area contributed by atoms with Gasteiger partial charge in [-0.25, -0.2) is 0 Å². The van der Waals surface area contributed by atoms with Crippen LogP contribution in [0.5, 0.6) is 0 Å². The number of esters is 1. The summed E-state index contributed by atoms with van der Waals surface area (Å²) in [6.07, 6.45) is 0. The van der Waals surface area contributed by atoms with E-state index in [1.807, 2.05) is 30.3 Å². The second-order valence-electron chi connectivity index (χ2n) is 3.15. The molecular weight excluding hydrogens is 224 g/mol. The van der Waals surface area contributed by atoms with Gasteiger partial charge in [0.25, 0.3) is 0 Å². The van der Waals surface area contributed by atoms with Crippen LogP contribution in [0, 0.1) is 0 Å². The molecule has 0 bridgehead atoms. The second-order valence-corrected chi connectivity index (χ2v) is 4.43. The number of thioether (sulfide) groups is 1. The molecule has 0 aliphatic rings. The molecule has 0 amide bonds. The lowest BCUT2D eigenvalue weighted by atomic mass is 10.1. The van der Waals surface area contributed by atoms with Gasteiger partial charge in [-0.3, -0.25) is 9.59 Å². The van der Waals surface area contributed by atoms with Crippen LogP contribution in [0.15, 0.2) is 30.3 Å². The molecule has 0 spiro atoms. The average molecular weight is 238 g/mol. The van der Waals surface area contributed by atoms with E-state index >= 15 is 0 Å². The Morgan fingerprint density at radius 3 is 2.44 bits per heavy atom. The number of benzene rings is 1. The van der Waals surface area contributed by atoms with E-state index in [1.54, 1.807) is 6.92 Å². The van der Waals surface area contributed by atoms with Crippen LogP contribution < -0.4 is 0 Å². The molecular formula is C12H14O3S. The van der Waals surface area contributed by atoms with Gasteiger partial charge in [-0.15, -0.1) is 0 Å². The first-order valence-corrected chi connectivity index (χ1v) is 5.92. The summed E-state index contributed by atoms with van der Waals surface area (Å²) in [6.45, 7) is 3.51. The van der Waals surface area contributed by atoms with Crippen molar-refractivity contribution in [1.29, 1.82) is 0 Å². The third kappa shape index (κ3) is 3.70. The van der Waals surface area contributed by atoms with Crippen LogP contribution in [0.4, 0.5) is 0 Å². The van der Waals surface area contributed by atoms with Crippen molar-refractivity contribution in [3.05, 3.63) is 35.9 Å². The summed E-state index contributed by atoms with van der Waals surface area (Å²) in [4.78, 5) is 22.8. The van der Waals surface area contributed by atoms with E-state index in [2.05, 4.69) is 0 Å². The highest BCUT2D eigenvalue weighted by Gasteiger charge is 2.24. The predicted octanol–water partition coefficient (Wildman–Crippen LogP) is 2.57. The Morgan fingerprint density at radius 1 is 1.31 bits per heavy atom. The maximum Gasteiger partial charge on any atom is 0.324 e. The first-order chi connectivity index (χ1) is 7.65. The van der Waals surface area contributed by atoms with Gasteiger partial charge in [0, 0.05) is 6.92 Å². The summed E-state index contributed by atoms with van der Waals surface area (Å²) in [5.74, 6) is -0.367. The van der Waals surface area contributed by atoms with Gasteiger partial charge in [-0.2, -0.15) is 0 Å². The maximum absolute atomic E-state index is 11.7. The Kier molecular flexibility index (Phi) is 5.05. The minimum Gasteiger partial charge on any atom is -0.465 e. The highest BCUT2D eigenvalue weighted by Crippen LogP contribution is 2.30. The molecule has 0 saturated heterocycles. The molecule has 0 fully saturated rings. The number of hydrogen-bond donors (Lipinski definition) is 0. The van der Waals surface area contributed by atoms with Crippen LogP contribution in [0.2, 0.25) is 0 Å². The lowest BCUT2D eigenvalue weighted by Gasteiger charge is -2.13. The van der Waals surface area contributed by atoms with Crippen molar-refractivity contribution < 1.29 is 14.3 Å². The maximum atomic E-state index is 11.7. The molecule has 0 aliphatic heterocycles. The van der Waals surface area contributed by atoms with Crippen LogP contribution in [-0.2, 0) is 14.3 Å². The van der Waals surface area contributed by atoms with Crippen molar-refractivity contribution in [1.82, 2.24) is 0 Å². The number of ether oxygens (including phenoxy) is 1. The Balaban J connectivity index is 2.87. The third-order valence-electron chi connectivity index (χ3n) is 1.89. The van der Waals surface area contributed by atoms with E-state index < -0.39 is 5.25 Å². The predicted molar refractivity (Wildman–Crippen MR) is 64.1 cm³/mol. The molecule has 0 unspecified atom stereocenters. The average Bonchev–Trinajstić information content (AvgIpc) is 2.27. The first-order valence-electron chi connectivity index (χ1n) is 5.04. The topological polar surface area (TPSA) is 43.4 Å². The van der Waals surface area contributed by atoms with Gasteiger partial charge >= 0.3 is 5.97 Å². The summed E-state index contributed by atoms with van der Waals surface area (Å²) in [7, 11) is 0. The van der Waals surface area contributed by atoms with Crippen molar-refractivity contribution in [3.8, 4) is 0 Å². The fourth-order valence-electron chi connectivity index (χ4n) is 1.26. The zero-order valence-electron chi connectivity index (χ0n) is 9.30. The van der Waals surface area contributed by atoms with Gasteiger partial charge in [0.15, 0.2) is 5.12 Å². The van der Waals surface area contributed by atoms with Crippen molar-refractivity contribution in [3.63, 3.8) is 0 Å². The summed E-state index contributed by atoms with van der Waals surface area (Å²) >= 11 is 0.987. The van der Waals surface area contributed by atoms with Crippen LogP contribution in [0.1, 0.15) is 24.7 Å². The van der Waals surface area contributed by atoms with Gasteiger partial charge in [0.1, 0.15) is 5.25 Å². The summed E-state index contributed by atoms with van der Waals surface area (Å²) < 4.78 is 4.95. The van der Waals surface area contributed by atoms with Crippen molar-refractivity contribution in [2.45, 2.75) is 19.1 Å². The molecule has 0 N–H and O–H groups in total. The zero-order valence-corrected chi connectivity index (χ0v) is 10.1. The molecule has 1 aromatic rings. The van der Waals surface area contributed by atoms with Gasteiger partial charge in [0.05, 0.1) is 6.61 Å². The summed E-state index contributed by atoms with van der Waals surface area (Å²) in [5.41, 5.74) is 0.793. The van der Waals surface area contributed by atoms with E-state index in [0.29, 0.717) is 6.61 Å². The minimum atomic E-state index is -0.557. The lowest BCUT2D eigenvalue weighted by molar-refractivity contribution is -0.142. The molecule has 0 aromatic heterocycles. The minimum absolute atomic E-state index is 0.0955. The molecule has 86 valence electrons. The van der Waals surface area contributed by atoms with Gasteiger partial charge in [-0.05, 0) is 12.5 Å². The van der Waals surface area contributed by atoms with E-state index in [-0.39, 0.29) is 11.1 Å². The molecule has 4 heteroatoms. The van der Waals surface area contributed by atoms with Crippen LogP contribution in [0.25, 0.3) is 0 Å². The van der Waals surface area contributed by atoms with E-state index in [0.717, 1.165) is 17.3 Å². The van der Waals surface area contributed by atoms with Crippen LogP contribution >= 0.6 is 11.8 Å². The lowest BCUT2D eigenvalue weighted by Crippen LogP contribution is -2.14. The van der Waals surface area contributed by atoms with E-state index in [9.17, 15) is 9.59 Å². The molecule has 0 saturated carbocycles.